The minimum atomic E-state index is -1.29. The average molecular weight is 479 g/mol. The van der Waals surface area contributed by atoms with Gasteiger partial charge in [0.05, 0.1) is 5.69 Å². The molecule has 0 radical (unpaired) electrons. The molecular formula is C25H38N2O7. The highest BCUT2D eigenvalue weighted by Gasteiger charge is 2.31. The molecule has 2 amide bonds. The van der Waals surface area contributed by atoms with Gasteiger partial charge in [-0.1, -0.05) is 6.07 Å². The minimum absolute atomic E-state index is 0.163. The van der Waals surface area contributed by atoms with Crippen molar-refractivity contribution in [3.8, 4) is 0 Å². The predicted molar refractivity (Wildman–Crippen MR) is 129 cm³/mol. The Morgan fingerprint density at radius 2 is 1.29 bits per heavy atom. The molecule has 1 atom stereocenters. The number of ketones is 1. The summed E-state index contributed by atoms with van der Waals surface area (Å²) in [5.41, 5.74) is -1.15. The van der Waals surface area contributed by atoms with E-state index >= 15 is 0 Å². The number of nitrogens with one attached hydrogen (secondary N) is 2. The van der Waals surface area contributed by atoms with Crippen LogP contribution in [0.3, 0.4) is 0 Å². The van der Waals surface area contributed by atoms with Crippen LogP contribution in [0.5, 0.6) is 0 Å². The Balaban J connectivity index is 3.18. The van der Waals surface area contributed by atoms with E-state index in [-0.39, 0.29) is 11.3 Å². The summed E-state index contributed by atoms with van der Waals surface area (Å²) < 4.78 is 15.9. The first kappa shape index (κ1) is 28.9. The minimum Gasteiger partial charge on any atom is -0.458 e. The van der Waals surface area contributed by atoms with Crippen molar-refractivity contribution in [3.05, 3.63) is 29.3 Å². The largest absolute Gasteiger partial charge is 0.458 e. The smallest absolute Gasteiger partial charge is 0.412 e. The number of amides is 2. The van der Waals surface area contributed by atoms with Crippen molar-refractivity contribution >= 4 is 29.6 Å². The number of alkyl carbamates (subject to hydrolysis) is 1. The molecule has 9 nitrogen and oxygen atoms in total. The van der Waals surface area contributed by atoms with Gasteiger partial charge in [0.1, 0.15) is 22.8 Å². The third kappa shape index (κ3) is 11.2. The van der Waals surface area contributed by atoms with Crippen LogP contribution in [0.4, 0.5) is 15.3 Å². The molecule has 1 aromatic carbocycles. The summed E-state index contributed by atoms with van der Waals surface area (Å²) in [4.78, 5) is 50.6. The van der Waals surface area contributed by atoms with E-state index in [0.717, 1.165) is 5.56 Å². The molecule has 0 bridgehead atoms. The summed E-state index contributed by atoms with van der Waals surface area (Å²) in [7, 11) is 0. The molecule has 0 aliphatic rings. The van der Waals surface area contributed by atoms with Crippen molar-refractivity contribution in [3.63, 3.8) is 0 Å². The van der Waals surface area contributed by atoms with E-state index in [1.807, 2.05) is 6.92 Å². The Hall–Kier alpha value is -3.10. The van der Waals surface area contributed by atoms with Crippen LogP contribution in [0.25, 0.3) is 0 Å². The maximum Gasteiger partial charge on any atom is 0.412 e. The number of hydrogen-bond acceptors (Lipinski definition) is 7. The van der Waals surface area contributed by atoms with Gasteiger partial charge in [0.15, 0.2) is 5.78 Å². The maximum atomic E-state index is 13.2. The van der Waals surface area contributed by atoms with Gasteiger partial charge >= 0.3 is 18.2 Å². The van der Waals surface area contributed by atoms with Gasteiger partial charge in [0.25, 0.3) is 0 Å². The van der Waals surface area contributed by atoms with Crippen molar-refractivity contribution < 1.29 is 33.4 Å². The Labute approximate surface area is 201 Å². The fourth-order valence-electron chi connectivity index (χ4n) is 2.73. The predicted octanol–water partition coefficient (Wildman–Crippen LogP) is 5.15. The molecule has 0 fully saturated rings. The molecule has 1 rings (SSSR count). The quantitative estimate of drug-likeness (QED) is 0.329. The van der Waals surface area contributed by atoms with Crippen molar-refractivity contribution in [2.75, 3.05) is 5.32 Å². The lowest BCUT2D eigenvalue weighted by molar-refractivity contribution is -0.157. The Kier molecular flexibility index (Phi) is 9.26. The Morgan fingerprint density at radius 3 is 1.79 bits per heavy atom. The summed E-state index contributed by atoms with van der Waals surface area (Å²) in [6.45, 7) is 17.1. The third-order valence-electron chi connectivity index (χ3n) is 3.88. The van der Waals surface area contributed by atoms with E-state index in [2.05, 4.69) is 10.6 Å². The molecule has 0 aliphatic heterocycles. The number of carbonyl (C=O) groups excluding carboxylic acids is 4. The van der Waals surface area contributed by atoms with Crippen LogP contribution in [0.15, 0.2) is 18.2 Å². The molecule has 0 aliphatic carbocycles. The van der Waals surface area contributed by atoms with Crippen molar-refractivity contribution in [1.29, 1.82) is 0 Å². The number of rotatable bonds is 6. The first-order valence-corrected chi connectivity index (χ1v) is 11.1. The zero-order chi connectivity index (χ0) is 26.5. The normalized spacial score (nSPS) is 12.9. The van der Waals surface area contributed by atoms with Crippen LogP contribution in [-0.2, 0) is 19.0 Å². The van der Waals surface area contributed by atoms with Crippen molar-refractivity contribution in [2.45, 2.75) is 98.5 Å². The summed E-state index contributed by atoms with van der Waals surface area (Å²) >= 11 is 0. The molecule has 0 aromatic heterocycles. The van der Waals surface area contributed by atoms with Gasteiger partial charge in [0.2, 0.25) is 0 Å². The number of hydrogen-bond donors (Lipinski definition) is 2. The Morgan fingerprint density at radius 1 is 0.794 bits per heavy atom. The molecule has 1 aromatic rings. The van der Waals surface area contributed by atoms with E-state index in [9.17, 15) is 19.2 Å². The van der Waals surface area contributed by atoms with Crippen LogP contribution in [0, 0.1) is 6.92 Å². The van der Waals surface area contributed by atoms with Crippen LogP contribution >= 0.6 is 0 Å². The van der Waals surface area contributed by atoms with Gasteiger partial charge in [-0.25, -0.2) is 14.4 Å². The zero-order valence-electron chi connectivity index (χ0n) is 21.9. The average Bonchev–Trinajstić information content (AvgIpc) is 2.56. The highest BCUT2D eigenvalue weighted by atomic mass is 16.6. The van der Waals surface area contributed by atoms with Gasteiger partial charge in [0, 0.05) is 12.0 Å². The van der Waals surface area contributed by atoms with E-state index in [1.165, 1.54) is 0 Å². The fourth-order valence-corrected chi connectivity index (χ4v) is 2.73. The van der Waals surface area contributed by atoms with Gasteiger partial charge in [-0.15, -0.1) is 0 Å². The molecule has 0 saturated heterocycles. The SMILES string of the molecule is Cc1ccc(C(=O)CC(NC(=O)OC(C)(C)C)C(=O)OC(C)(C)C)c(NC(=O)OC(C)(C)C)c1. The first-order chi connectivity index (χ1) is 15.3. The van der Waals surface area contributed by atoms with Gasteiger partial charge < -0.3 is 19.5 Å². The zero-order valence-corrected chi connectivity index (χ0v) is 21.9. The Bertz CT molecular complexity index is 919. The van der Waals surface area contributed by atoms with E-state index in [4.69, 9.17) is 14.2 Å². The summed E-state index contributed by atoms with van der Waals surface area (Å²) in [5, 5.41) is 5.02. The van der Waals surface area contributed by atoms with Gasteiger partial charge in [-0.2, -0.15) is 0 Å². The van der Waals surface area contributed by atoms with Gasteiger partial charge in [-0.3, -0.25) is 10.1 Å². The summed E-state index contributed by atoms with van der Waals surface area (Å²) in [5.74, 6) is -1.27. The van der Waals surface area contributed by atoms with Crippen LogP contribution in [0.1, 0.15) is 84.7 Å². The second-order valence-corrected chi connectivity index (χ2v) is 11.0. The molecular weight excluding hydrogens is 440 g/mol. The molecule has 0 saturated carbocycles. The molecule has 0 heterocycles. The van der Waals surface area contributed by atoms with Crippen molar-refractivity contribution in [1.82, 2.24) is 5.32 Å². The standard InChI is InChI=1S/C25H38N2O7/c1-15-11-12-16(17(13-15)26-21(30)33-24(5,6)7)19(28)14-18(20(29)32-23(2,3)4)27-22(31)34-25(8,9)10/h11-13,18H,14H2,1-10H3,(H,26,30)(H,27,31). The van der Waals surface area contributed by atoms with E-state index < -0.39 is 53.2 Å². The second-order valence-electron chi connectivity index (χ2n) is 11.0. The third-order valence-corrected chi connectivity index (χ3v) is 3.88. The maximum absolute atomic E-state index is 13.2. The molecule has 2 N–H and O–H groups in total. The number of aryl methyl sites for hydroxylation is 1. The van der Waals surface area contributed by atoms with Crippen LogP contribution in [0.2, 0.25) is 0 Å². The van der Waals surface area contributed by atoms with Gasteiger partial charge in [-0.05, 0) is 86.9 Å². The summed E-state index contributed by atoms with van der Waals surface area (Å²) in [6, 6.07) is 3.58. The lowest BCUT2D eigenvalue weighted by Gasteiger charge is -2.26. The molecule has 34 heavy (non-hydrogen) atoms. The number of ether oxygens (including phenoxy) is 3. The molecule has 1 unspecified atom stereocenters. The second kappa shape index (κ2) is 10.9. The van der Waals surface area contributed by atoms with Crippen LogP contribution < -0.4 is 10.6 Å². The van der Waals surface area contributed by atoms with E-state index in [1.54, 1.807) is 80.5 Å². The number of anilines is 1. The molecule has 0 spiro atoms. The number of esters is 1. The van der Waals surface area contributed by atoms with Crippen molar-refractivity contribution in [2.24, 2.45) is 0 Å². The fraction of sp³-hybridized carbons (Fsp3) is 0.600. The highest BCUT2D eigenvalue weighted by Crippen LogP contribution is 2.22. The summed E-state index contributed by atoms with van der Waals surface area (Å²) in [6.07, 6.45) is -1.98. The number of carbonyl (C=O) groups is 4. The lowest BCUT2D eigenvalue weighted by Crippen LogP contribution is -2.47. The monoisotopic (exact) mass is 478 g/mol. The molecule has 190 valence electrons. The van der Waals surface area contributed by atoms with Crippen LogP contribution in [-0.4, -0.2) is 46.8 Å². The lowest BCUT2D eigenvalue weighted by atomic mass is 10.00. The number of benzene rings is 1. The highest BCUT2D eigenvalue weighted by molar-refractivity contribution is 6.06. The molecule has 9 heteroatoms. The van der Waals surface area contributed by atoms with E-state index in [0.29, 0.717) is 0 Å². The first-order valence-electron chi connectivity index (χ1n) is 11.1. The number of Topliss-reactive ketones (excluding diaryl/α,β-unsaturated/α-hetero) is 1. The topological polar surface area (TPSA) is 120 Å².